The predicted molar refractivity (Wildman–Crippen MR) is 77.2 cm³/mol. The average Bonchev–Trinajstić information content (AvgIpc) is 2.68. The van der Waals surface area contributed by atoms with E-state index in [1.807, 2.05) is 18.3 Å². The van der Waals surface area contributed by atoms with E-state index in [1.54, 1.807) is 7.11 Å². The van der Waals surface area contributed by atoms with E-state index in [2.05, 4.69) is 25.2 Å². The van der Waals surface area contributed by atoms with Crippen molar-refractivity contribution in [1.82, 2.24) is 5.32 Å². The second kappa shape index (κ2) is 8.64. The van der Waals surface area contributed by atoms with Crippen molar-refractivity contribution in [2.24, 2.45) is 0 Å². The monoisotopic (exact) mass is 271 g/mol. The zero-order valence-corrected chi connectivity index (χ0v) is 12.7. The van der Waals surface area contributed by atoms with Gasteiger partial charge in [0.1, 0.15) is 0 Å². The molecule has 0 aliphatic heterocycles. The summed E-state index contributed by atoms with van der Waals surface area (Å²) in [5.41, 5.74) is 1.30. The molecule has 0 aliphatic rings. The maximum Gasteiger partial charge on any atom is 0.0784 e. The van der Waals surface area contributed by atoms with Crippen LogP contribution in [0.1, 0.15) is 35.6 Å². The van der Waals surface area contributed by atoms with Crippen LogP contribution in [0.25, 0.3) is 0 Å². The van der Waals surface area contributed by atoms with Crippen molar-refractivity contribution in [1.29, 1.82) is 0 Å². The highest BCUT2D eigenvalue weighted by molar-refractivity contribution is 7.12. The Labute approximate surface area is 114 Å². The molecule has 1 heterocycles. The number of hydrogen-bond donors (Lipinski definition) is 1. The van der Waals surface area contributed by atoms with Crippen LogP contribution >= 0.6 is 11.3 Å². The fraction of sp³-hybridized carbons (Fsp3) is 0.714. The molecular weight excluding hydrogens is 246 g/mol. The second-order valence-corrected chi connectivity index (χ2v) is 5.89. The molecule has 1 aromatic rings. The molecule has 3 nitrogen and oxygen atoms in total. The van der Waals surface area contributed by atoms with Gasteiger partial charge in [-0.1, -0.05) is 6.92 Å². The van der Waals surface area contributed by atoms with E-state index < -0.39 is 0 Å². The fourth-order valence-corrected chi connectivity index (χ4v) is 2.74. The van der Waals surface area contributed by atoms with Crippen LogP contribution in [0.5, 0.6) is 0 Å². The molecule has 1 aromatic heterocycles. The molecule has 1 rings (SSSR count). The number of ether oxygens (including phenoxy) is 2. The minimum absolute atomic E-state index is 0.149. The number of aryl methyl sites for hydroxylation is 1. The van der Waals surface area contributed by atoms with E-state index in [-0.39, 0.29) is 6.10 Å². The molecule has 0 radical (unpaired) electrons. The van der Waals surface area contributed by atoms with E-state index in [9.17, 15) is 0 Å². The highest BCUT2D eigenvalue weighted by Gasteiger charge is 2.08. The third kappa shape index (κ3) is 5.48. The normalized spacial score (nSPS) is 12.9. The van der Waals surface area contributed by atoms with Gasteiger partial charge in [-0.3, -0.25) is 0 Å². The van der Waals surface area contributed by atoms with E-state index in [0.717, 1.165) is 13.1 Å². The van der Waals surface area contributed by atoms with Gasteiger partial charge >= 0.3 is 0 Å². The minimum Gasteiger partial charge on any atom is -0.382 e. The van der Waals surface area contributed by atoms with Crippen LogP contribution < -0.4 is 5.32 Å². The molecular formula is C14H25NO2S. The Morgan fingerprint density at radius 3 is 2.89 bits per heavy atom. The largest absolute Gasteiger partial charge is 0.382 e. The Hall–Kier alpha value is -0.420. The summed E-state index contributed by atoms with van der Waals surface area (Å²) in [7, 11) is 1.70. The van der Waals surface area contributed by atoms with Gasteiger partial charge in [0.05, 0.1) is 19.3 Å². The summed E-state index contributed by atoms with van der Waals surface area (Å²) < 4.78 is 10.8. The standard InChI is InChI=1S/C14H25NO2S/c1-5-6-15-8-14-7-13(12(3)18-14)10-17-11(2)9-16-4/h7,11,15H,5-6,8-10H2,1-4H3. The van der Waals surface area contributed by atoms with Gasteiger partial charge in [0.15, 0.2) is 0 Å². The summed E-state index contributed by atoms with van der Waals surface area (Å²) in [5.74, 6) is 0. The van der Waals surface area contributed by atoms with Crippen LogP contribution in [-0.2, 0) is 22.6 Å². The van der Waals surface area contributed by atoms with E-state index in [1.165, 1.54) is 21.7 Å². The van der Waals surface area contributed by atoms with E-state index >= 15 is 0 Å². The molecule has 0 amide bonds. The van der Waals surface area contributed by atoms with Crippen molar-refractivity contribution in [2.45, 2.75) is 46.4 Å². The summed E-state index contributed by atoms with van der Waals surface area (Å²) in [6.45, 7) is 9.75. The van der Waals surface area contributed by atoms with Crippen LogP contribution in [0.2, 0.25) is 0 Å². The van der Waals surface area contributed by atoms with Crippen molar-refractivity contribution >= 4 is 11.3 Å². The predicted octanol–water partition coefficient (Wildman–Crippen LogP) is 3.11. The lowest BCUT2D eigenvalue weighted by atomic mass is 10.2. The van der Waals surface area contributed by atoms with Crippen LogP contribution in [0.3, 0.4) is 0 Å². The van der Waals surface area contributed by atoms with Gasteiger partial charge in [0.2, 0.25) is 0 Å². The molecule has 4 heteroatoms. The third-order valence-electron chi connectivity index (χ3n) is 2.72. The topological polar surface area (TPSA) is 30.5 Å². The smallest absolute Gasteiger partial charge is 0.0784 e. The minimum atomic E-state index is 0.149. The van der Waals surface area contributed by atoms with E-state index in [4.69, 9.17) is 9.47 Å². The third-order valence-corrected chi connectivity index (χ3v) is 3.82. The average molecular weight is 271 g/mol. The summed E-state index contributed by atoms with van der Waals surface area (Å²) in [5, 5.41) is 3.43. The van der Waals surface area contributed by atoms with Gasteiger partial charge in [0.25, 0.3) is 0 Å². The summed E-state index contributed by atoms with van der Waals surface area (Å²) in [4.78, 5) is 2.74. The molecule has 0 aliphatic carbocycles. The highest BCUT2D eigenvalue weighted by atomic mass is 32.1. The number of methoxy groups -OCH3 is 1. The maximum atomic E-state index is 5.75. The van der Waals surface area contributed by atoms with Crippen LogP contribution in [-0.4, -0.2) is 26.4 Å². The molecule has 18 heavy (non-hydrogen) atoms. The zero-order valence-electron chi connectivity index (χ0n) is 11.9. The van der Waals surface area contributed by atoms with Crippen molar-refractivity contribution in [2.75, 3.05) is 20.3 Å². The quantitative estimate of drug-likeness (QED) is 0.700. The summed E-state index contributed by atoms with van der Waals surface area (Å²) in [6, 6.07) is 2.25. The first-order valence-electron chi connectivity index (χ1n) is 6.56. The summed E-state index contributed by atoms with van der Waals surface area (Å²) in [6.07, 6.45) is 1.32. The number of rotatable bonds is 9. The number of hydrogen-bond acceptors (Lipinski definition) is 4. The lowest BCUT2D eigenvalue weighted by Gasteiger charge is -2.11. The molecule has 0 fully saturated rings. The van der Waals surface area contributed by atoms with Crippen molar-refractivity contribution < 1.29 is 9.47 Å². The number of nitrogens with one attached hydrogen (secondary N) is 1. The fourth-order valence-electron chi connectivity index (χ4n) is 1.72. The molecule has 1 N–H and O–H groups in total. The van der Waals surface area contributed by atoms with Gasteiger partial charge in [-0.05, 0) is 38.4 Å². The maximum absolute atomic E-state index is 5.75. The van der Waals surface area contributed by atoms with Gasteiger partial charge in [-0.15, -0.1) is 11.3 Å². The van der Waals surface area contributed by atoms with Gasteiger partial charge in [-0.2, -0.15) is 0 Å². The molecule has 1 atom stereocenters. The zero-order chi connectivity index (χ0) is 13.4. The molecule has 0 spiro atoms. The SMILES string of the molecule is CCCNCc1cc(COC(C)COC)c(C)s1. The van der Waals surface area contributed by atoms with Crippen molar-refractivity contribution in [3.8, 4) is 0 Å². The second-order valence-electron chi connectivity index (χ2n) is 4.55. The molecule has 0 saturated heterocycles. The summed E-state index contributed by atoms with van der Waals surface area (Å²) >= 11 is 1.86. The van der Waals surface area contributed by atoms with Gasteiger partial charge in [0, 0.05) is 23.4 Å². The first-order chi connectivity index (χ1) is 8.67. The molecule has 0 saturated carbocycles. The van der Waals surface area contributed by atoms with Gasteiger partial charge in [-0.25, -0.2) is 0 Å². The Morgan fingerprint density at radius 1 is 1.44 bits per heavy atom. The lowest BCUT2D eigenvalue weighted by Crippen LogP contribution is -2.14. The first kappa shape index (κ1) is 15.6. The molecule has 0 bridgehead atoms. The van der Waals surface area contributed by atoms with E-state index in [0.29, 0.717) is 13.2 Å². The number of thiophene rings is 1. The van der Waals surface area contributed by atoms with Crippen molar-refractivity contribution in [3.05, 3.63) is 21.4 Å². The van der Waals surface area contributed by atoms with Crippen LogP contribution in [0.15, 0.2) is 6.07 Å². The molecule has 1 unspecified atom stereocenters. The first-order valence-corrected chi connectivity index (χ1v) is 7.38. The molecule has 104 valence electrons. The highest BCUT2D eigenvalue weighted by Crippen LogP contribution is 2.22. The Morgan fingerprint density at radius 2 is 2.22 bits per heavy atom. The van der Waals surface area contributed by atoms with Crippen molar-refractivity contribution in [3.63, 3.8) is 0 Å². The van der Waals surface area contributed by atoms with Crippen LogP contribution in [0.4, 0.5) is 0 Å². The Balaban J connectivity index is 2.41. The van der Waals surface area contributed by atoms with Crippen LogP contribution in [0, 0.1) is 6.92 Å². The Kier molecular flexibility index (Phi) is 7.51. The van der Waals surface area contributed by atoms with Gasteiger partial charge < -0.3 is 14.8 Å². The lowest BCUT2D eigenvalue weighted by molar-refractivity contribution is -0.000171. The molecule has 0 aromatic carbocycles. The Bertz CT molecular complexity index is 339.